The van der Waals surface area contributed by atoms with Crippen molar-refractivity contribution in [3.8, 4) is 0 Å². The van der Waals surface area contributed by atoms with Gasteiger partial charge < -0.3 is 9.98 Å². The van der Waals surface area contributed by atoms with E-state index in [2.05, 4.69) is 15.0 Å². The molecule has 0 amide bonds. The quantitative estimate of drug-likeness (QED) is 0.576. The van der Waals surface area contributed by atoms with Crippen LogP contribution in [0.1, 0.15) is 5.69 Å². The Hall–Kier alpha value is -1.12. The number of nitrogens with zero attached hydrogens (tertiary/aromatic N) is 2. The van der Waals surface area contributed by atoms with Crippen LogP contribution in [0.15, 0.2) is 17.5 Å². The second-order valence-electron chi connectivity index (χ2n) is 1.71. The smallest absolute Gasteiger partial charge is 0.0923 e. The minimum atomic E-state index is 0.819. The molecule has 0 aliphatic carbocycles. The van der Waals surface area contributed by atoms with Gasteiger partial charge in [0.1, 0.15) is 0 Å². The van der Waals surface area contributed by atoms with Crippen LogP contribution in [-0.4, -0.2) is 23.2 Å². The van der Waals surface area contributed by atoms with E-state index >= 15 is 0 Å². The minimum absolute atomic E-state index is 0.819. The maximum absolute atomic E-state index is 4.01. The molecular formula is C6H9N3. The van der Waals surface area contributed by atoms with Gasteiger partial charge in [-0.1, -0.05) is 0 Å². The molecule has 0 fully saturated rings. The molecule has 1 rings (SSSR count). The molecule has 3 nitrogen and oxygen atoms in total. The summed E-state index contributed by atoms with van der Waals surface area (Å²) >= 11 is 0. The average molecular weight is 123 g/mol. The van der Waals surface area contributed by atoms with Crippen LogP contribution in [-0.2, 0) is 6.42 Å². The van der Waals surface area contributed by atoms with E-state index in [9.17, 15) is 0 Å². The molecule has 0 saturated heterocycles. The van der Waals surface area contributed by atoms with Crippen molar-refractivity contribution in [3.63, 3.8) is 0 Å². The van der Waals surface area contributed by atoms with Crippen molar-refractivity contribution in [1.82, 2.24) is 9.97 Å². The zero-order valence-corrected chi connectivity index (χ0v) is 5.33. The van der Waals surface area contributed by atoms with E-state index in [1.54, 1.807) is 13.4 Å². The summed E-state index contributed by atoms with van der Waals surface area (Å²) in [5, 5.41) is 0. The van der Waals surface area contributed by atoms with Crippen molar-refractivity contribution in [2.75, 3.05) is 7.05 Å². The van der Waals surface area contributed by atoms with Crippen molar-refractivity contribution in [2.24, 2.45) is 4.99 Å². The molecular weight excluding hydrogens is 114 g/mol. The van der Waals surface area contributed by atoms with Gasteiger partial charge in [0.05, 0.1) is 12.0 Å². The van der Waals surface area contributed by atoms with Gasteiger partial charge >= 0.3 is 0 Å². The molecule has 0 aromatic carbocycles. The molecule has 1 N–H and O–H groups in total. The molecule has 9 heavy (non-hydrogen) atoms. The van der Waals surface area contributed by atoms with Gasteiger partial charge in [-0.25, -0.2) is 4.98 Å². The summed E-state index contributed by atoms with van der Waals surface area (Å²) in [7, 11) is 1.76. The van der Waals surface area contributed by atoms with Crippen LogP contribution in [0.3, 0.4) is 0 Å². The van der Waals surface area contributed by atoms with Gasteiger partial charge in [-0.15, -0.1) is 0 Å². The lowest BCUT2D eigenvalue weighted by Crippen LogP contribution is -1.83. The van der Waals surface area contributed by atoms with Gasteiger partial charge in [-0.3, -0.25) is 0 Å². The highest BCUT2D eigenvalue weighted by molar-refractivity contribution is 5.59. The number of aromatic nitrogens is 2. The van der Waals surface area contributed by atoms with Crippen LogP contribution in [0.5, 0.6) is 0 Å². The fourth-order valence-electron chi connectivity index (χ4n) is 0.587. The zero-order valence-electron chi connectivity index (χ0n) is 5.33. The molecule has 0 spiro atoms. The maximum atomic E-state index is 4.01. The van der Waals surface area contributed by atoms with Crippen LogP contribution < -0.4 is 0 Å². The molecule has 0 atom stereocenters. The molecule has 0 unspecified atom stereocenters. The van der Waals surface area contributed by atoms with Crippen LogP contribution in [0, 0.1) is 0 Å². The van der Waals surface area contributed by atoms with Crippen LogP contribution in [0.2, 0.25) is 0 Å². The number of H-pyrrole nitrogens is 1. The standard InChI is InChI=1S/C6H9N3/c1-7-3-2-6-4-8-5-9-6/h3-5H,2H2,1H3,(H,8,9)/b7-3-. The van der Waals surface area contributed by atoms with Gasteiger partial charge in [0.2, 0.25) is 0 Å². The first kappa shape index (κ1) is 6.01. The summed E-state index contributed by atoms with van der Waals surface area (Å²) < 4.78 is 0. The summed E-state index contributed by atoms with van der Waals surface area (Å²) in [6.45, 7) is 0. The SMILES string of the molecule is C/N=C\Cc1c[nH]cn1. The molecule has 0 saturated carbocycles. The van der Waals surface area contributed by atoms with Gasteiger partial charge in [0, 0.05) is 25.9 Å². The zero-order chi connectivity index (χ0) is 6.53. The van der Waals surface area contributed by atoms with Crippen molar-refractivity contribution in [3.05, 3.63) is 18.2 Å². The first-order valence-electron chi connectivity index (χ1n) is 2.82. The van der Waals surface area contributed by atoms with Gasteiger partial charge in [0.15, 0.2) is 0 Å². The number of hydrogen-bond acceptors (Lipinski definition) is 2. The normalized spacial score (nSPS) is 10.8. The Morgan fingerprint density at radius 1 is 1.89 bits per heavy atom. The van der Waals surface area contributed by atoms with E-state index < -0.39 is 0 Å². The second-order valence-corrected chi connectivity index (χ2v) is 1.71. The van der Waals surface area contributed by atoms with E-state index in [0.29, 0.717) is 0 Å². The summed E-state index contributed by atoms with van der Waals surface area (Å²) in [5.41, 5.74) is 1.03. The molecule has 0 aliphatic heterocycles. The first-order chi connectivity index (χ1) is 4.43. The first-order valence-corrected chi connectivity index (χ1v) is 2.82. The summed E-state index contributed by atoms with van der Waals surface area (Å²) in [5.74, 6) is 0. The molecule has 48 valence electrons. The third-order valence-corrected chi connectivity index (χ3v) is 1.04. The van der Waals surface area contributed by atoms with E-state index in [-0.39, 0.29) is 0 Å². The molecule has 0 aliphatic rings. The summed E-state index contributed by atoms with van der Waals surface area (Å²) in [4.78, 5) is 10.7. The number of aliphatic imine (C=N–C) groups is 1. The Labute approximate surface area is 53.9 Å². The predicted molar refractivity (Wildman–Crippen MR) is 36.7 cm³/mol. The Morgan fingerprint density at radius 2 is 2.78 bits per heavy atom. The van der Waals surface area contributed by atoms with Gasteiger partial charge in [-0.2, -0.15) is 0 Å². The lowest BCUT2D eigenvalue weighted by Gasteiger charge is -1.81. The maximum Gasteiger partial charge on any atom is 0.0923 e. The van der Waals surface area contributed by atoms with Gasteiger partial charge in [0.25, 0.3) is 0 Å². The topological polar surface area (TPSA) is 41.0 Å². The number of aromatic amines is 1. The fraction of sp³-hybridized carbons (Fsp3) is 0.333. The van der Waals surface area contributed by atoms with E-state index in [1.807, 2.05) is 12.4 Å². The average Bonchev–Trinajstić information content (AvgIpc) is 2.34. The van der Waals surface area contributed by atoms with Crippen molar-refractivity contribution >= 4 is 6.21 Å². The third-order valence-electron chi connectivity index (χ3n) is 1.04. The number of imidazole rings is 1. The summed E-state index contributed by atoms with van der Waals surface area (Å²) in [6.07, 6.45) is 6.18. The van der Waals surface area contributed by atoms with E-state index in [0.717, 1.165) is 12.1 Å². The monoisotopic (exact) mass is 123 g/mol. The lowest BCUT2D eigenvalue weighted by molar-refractivity contribution is 1.19. The van der Waals surface area contributed by atoms with Crippen molar-refractivity contribution < 1.29 is 0 Å². The predicted octanol–water partition coefficient (Wildman–Crippen LogP) is 0.653. The van der Waals surface area contributed by atoms with E-state index in [4.69, 9.17) is 0 Å². The van der Waals surface area contributed by atoms with Crippen LogP contribution in [0.25, 0.3) is 0 Å². The summed E-state index contributed by atoms with van der Waals surface area (Å²) in [6, 6.07) is 0. The fourth-order valence-corrected chi connectivity index (χ4v) is 0.587. The Kier molecular flexibility index (Phi) is 2.01. The highest BCUT2D eigenvalue weighted by atomic mass is 14.9. The van der Waals surface area contributed by atoms with Gasteiger partial charge in [-0.05, 0) is 0 Å². The molecule has 1 aromatic rings. The van der Waals surface area contributed by atoms with Crippen molar-refractivity contribution in [1.29, 1.82) is 0 Å². The minimum Gasteiger partial charge on any atom is -0.351 e. The largest absolute Gasteiger partial charge is 0.351 e. The molecule has 3 heteroatoms. The Balaban J connectivity index is 2.48. The number of hydrogen-bond donors (Lipinski definition) is 1. The number of rotatable bonds is 2. The molecule has 1 heterocycles. The second kappa shape index (κ2) is 3.02. The van der Waals surface area contributed by atoms with Crippen molar-refractivity contribution in [2.45, 2.75) is 6.42 Å². The molecule has 0 bridgehead atoms. The Morgan fingerprint density at radius 3 is 3.33 bits per heavy atom. The molecule has 0 radical (unpaired) electrons. The molecule has 1 aromatic heterocycles. The third kappa shape index (κ3) is 1.68. The highest BCUT2D eigenvalue weighted by Gasteiger charge is 1.87. The lowest BCUT2D eigenvalue weighted by atomic mass is 10.4. The highest BCUT2D eigenvalue weighted by Crippen LogP contribution is 1.88. The van der Waals surface area contributed by atoms with E-state index in [1.165, 1.54) is 0 Å². The number of nitrogens with one attached hydrogen (secondary N) is 1. The van der Waals surface area contributed by atoms with Crippen LogP contribution >= 0.6 is 0 Å². The van der Waals surface area contributed by atoms with Crippen LogP contribution in [0.4, 0.5) is 0 Å². The Bertz CT molecular complexity index is 176.